The Morgan fingerprint density at radius 3 is 3.00 bits per heavy atom. The predicted octanol–water partition coefficient (Wildman–Crippen LogP) is 0.747. The van der Waals surface area contributed by atoms with Crippen molar-refractivity contribution in [2.75, 3.05) is 6.54 Å². The van der Waals surface area contributed by atoms with Crippen LogP contribution in [-0.4, -0.2) is 33.1 Å². The van der Waals surface area contributed by atoms with Crippen LogP contribution in [0, 0.1) is 0 Å². The quantitative estimate of drug-likeness (QED) is 0.222. The molecule has 0 radical (unpaired) electrons. The molecule has 0 saturated heterocycles. The Balaban J connectivity index is 2.26. The number of amides is 1. The fourth-order valence-corrected chi connectivity index (χ4v) is 2.04. The van der Waals surface area contributed by atoms with E-state index in [4.69, 9.17) is 10.9 Å². The Morgan fingerprint density at radius 1 is 1.56 bits per heavy atom. The molecule has 100 valence electrons. The number of rotatable bonds is 7. The van der Waals surface area contributed by atoms with Crippen molar-refractivity contribution in [2.45, 2.75) is 32.6 Å². The van der Waals surface area contributed by atoms with Gasteiger partial charge in [-0.1, -0.05) is 16.6 Å². The van der Waals surface area contributed by atoms with Crippen molar-refractivity contribution in [1.82, 2.24) is 14.9 Å². The Kier molecular flexibility index (Phi) is 6.06. The minimum atomic E-state index is -0.134. The molecule has 0 saturated carbocycles. The van der Waals surface area contributed by atoms with Crippen molar-refractivity contribution in [2.24, 2.45) is 10.9 Å². The average molecular weight is 271 g/mol. The monoisotopic (exact) mass is 271 g/mol. The zero-order valence-corrected chi connectivity index (χ0v) is 11.0. The first kappa shape index (κ1) is 14.4. The van der Waals surface area contributed by atoms with Crippen molar-refractivity contribution in [3.63, 3.8) is 0 Å². The van der Waals surface area contributed by atoms with Crippen LogP contribution in [0.2, 0.25) is 0 Å². The molecule has 1 aromatic rings. The number of nitrogens with zero attached hydrogens (tertiary/aromatic N) is 3. The van der Waals surface area contributed by atoms with Gasteiger partial charge in [0.15, 0.2) is 0 Å². The summed E-state index contributed by atoms with van der Waals surface area (Å²) in [7, 11) is 0. The van der Waals surface area contributed by atoms with Crippen molar-refractivity contribution in [1.29, 1.82) is 0 Å². The van der Waals surface area contributed by atoms with Crippen LogP contribution in [0.25, 0.3) is 0 Å². The summed E-state index contributed by atoms with van der Waals surface area (Å²) in [6.45, 7) is 2.49. The highest BCUT2D eigenvalue weighted by Gasteiger charge is 2.13. The number of unbranched alkanes of at least 4 members (excludes halogenated alkanes) is 1. The van der Waals surface area contributed by atoms with E-state index in [2.05, 4.69) is 20.1 Å². The summed E-state index contributed by atoms with van der Waals surface area (Å²) in [5.74, 6) is 0.0758. The van der Waals surface area contributed by atoms with E-state index in [1.54, 1.807) is 0 Å². The summed E-state index contributed by atoms with van der Waals surface area (Å²) in [5, 5.41) is 17.9. The van der Waals surface area contributed by atoms with Crippen LogP contribution in [0.3, 0.4) is 0 Å². The lowest BCUT2D eigenvalue weighted by atomic mass is 10.2. The Morgan fingerprint density at radius 2 is 2.33 bits per heavy atom. The van der Waals surface area contributed by atoms with E-state index in [0.717, 1.165) is 30.1 Å². The Hall–Kier alpha value is -1.70. The van der Waals surface area contributed by atoms with E-state index in [0.29, 0.717) is 24.3 Å². The molecule has 18 heavy (non-hydrogen) atoms. The third-order valence-electron chi connectivity index (χ3n) is 2.37. The number of carbonyl (C=O) groups is 1. The van der Waals surface area contributed by atoms with Gasteiger partial charge >= 0.3 is 0 Å². The van der Waals surface area contributed by atoms with Gasteiger partial charge in [0.25, 0.3) is 5.91 Å². The minimum absolute atomic E-state index is 0.134. The summed E-state index contributed by atoms with van der Waals surface area (Å²) in [4.78, 5) is 12.3. The zero-order chi connectivity index (χ0) is 13.4. The van der Waals surface area contributed by atoms with Gasteiger partial charge in [-0.05, 0) is 30.8 Å². The van der Waals surface area contributed by atoms with Crippen LogP contribution < -0.4 is 11.1 Å². The maximum absolute atomic E-state index is 11.8. The molecule has 0 aromatic carbocycles. The number of nitrogens with two attached hydrogens (primary N) is 1. The molecule has 0 unspecified atom stereocenters. The van der Waals surface area contributed by atoms with Crippen LogP contribution >= 0.6 is 11.5 Å². The molecule has 1 heterocycles. The van der Waals surface area contributed by atoms with Gasteiger partial charge in [-0.3, -0.25) is 4.79 Å². The van der Waals surface area contributed by atoms with Crippen LogP contribution in [0.5, 0.6) is 0 Å². The highest BCUT2D eigenvalue weighted by atomic mass is 32.1. The number of hydrogen-bond donors (Lipinski definition) is 3. The molecule has 0 aliphatic rings. The first-order chi connectivity index (χ1) is 8.69. The number of carbonyl (C=O) groups excluding carboxylic acids is 1. The van der Waals surface area contributed by atoms with Gasteiger partial charge in [0, 0.05) is 13.0 Å². The van der Waals surface area contributed by atoms with E-state index < -0.39 is 0 Å². The van der Waals surface area contributed by atoms with E-state index in [9.17, 15) is 4.79 Å². The molecule has 0 fully saturated rings. The standard InChI is InChI=1S/C10H17N5O2S/c1-2-7-9(18-15-13-7)10(16)12-6-4-3-5-8(11)14-17/h17H,2-6H2,1H3,(H2,11,14)(H,12,16). The van der Waals surface area contributed by atoms with E-state index in [1.165, 1.54) is 0 Å². The van der Waals surface area contributed by atoms with Crippen LogP contribution in [0.1, 0.15) is 41.6 Å². The largest absolute Gasteiger partial charge is 0.409 e. The predicted molar refractivity (Wildman–Crippen MR) is 68.9 cm³/mol. The summed E-state index contributed by atoms with van der Waals surface area (Å²) >= 11 is 1.11. The number of nitrogens with one attached hydrogen (secondary N) is 1. The molecule has 0 bridgehead atoms. The number of amidine groups is 1. The molecule has 7 nitrogen and oxygen atoms in total. The number of aromatic nitrogens is 2. The summed E-state index contributed by atoms with van der Waals surface area (Å²) in [6.07, 6.45) is 2.75. The molecule has 4 N–H and O–H groups in total. The fourth-order valence-electron chi connectivity index (χ4n) is 1.38. The van der Waals surface area contributed by atoms with E-state index >= 15 is 0 Å². The Labute approximate surface area is 109 Å². The third-order valence-corrected chi connectivity index (χ3v) is 3.14. The lowest BCUT2D eigenvalue weighted by molar-refractivity contribution is 0.0956. The lowest BCUT2D eigenvalue weighted by Crippen LogP contribution is -2.24. The summed E-state index contributed by atoms with van der Waals surface area (Å²) in [5.41, 5.74) is 6.06. The molecular formula is C10H17N5O2S. The van der Waals surface area contributed by atoms with E-state index in [-0.39, 0.29) is 11.7 Å². The smallest absolute Gasteiger partial charge is 0.264 e. The molecule has 0 spiro atoms. The van der Waals surface area contributed by atoms with Gasteiger partial charge in [-0.25, -0.2) is 0 Å². The van der Waals surface area contributed by atoms with Crippen LogP contribution in [0.15, 0.2) is 5.16 Å². The van der Waals surface area contributed by atoms with Crippen LogP contribution in [-0.2, 0) is 6.42 Å². The van der Waals surface area contributed by atoms with Gasteiger partial charge in [-0.2, -0.15) is 0 Å². The fraction of sp³-hybridized carbons (Fsp3) is 0.600. The number of aryl methyl sites for hydroxylation is 1. The normalized spacial score (nSPS) is 11.5. The topological polar surface area (TPSA) is 113 Å². The molecule has 8 heteroatoms. The summed E-state index contributed by atoms with van der Waals surface area (Å²) in [6, 6.07) is 0. The first-order valence-corrected chi connectivity index (χ1v) is 6.52. The maximum atomic E-state index is 11.8. The first-order valence-electron chi connectivity index (χ1n) is 5.74. The highest BCUT2D eigenvalue weighted by molar-refractivity contribution is 7.08. The second-order valence-electron chi connectivity index (χ2n) is 3.71. The van der Waals surface area contributed by atoms with E-state index in [1.807, 2.05) is 6.92 Å². The second-order valence-corrected chi connectivity index (χ2v) is 4.46. The molecular weight excluding hydrogens is 254 g/mol. The number of oxime groups is 1. The van der Waals surface area contributed by atoms with Gasteiger partial charge in [0.1, 0.15) is 10.7 Å². The molecule has 1 amide bonds. The van der Waals surface area contributed by atoms with Crippen molar-refractivity contribution < 1.29 is 10.0 Å². The van der Waals surface area contributed by atoms with Gasteiger partial charge in [0.05, 0.1) is 5.69 Å². The average Bonchev–Trinajstić information content (AvgIpc) is 2.86. The van der Waals surface area contributed by atoms with Gasteiger partial charge in [-0.15, -0.1) is 5.10 Å². The SMILES string of the molecule is CCc1nnsc1C(=O)NCCCCC(N)=NO. The molecule has 0 aliphatic heterocycles. The second kappa shape index (κ2) is 7.59. The zero-order valence-electron chi connectivity index (χ0n) is 10.2. The number of hydrogen-bond acceptors (Lipinski definition) is 6. The van der Waals surface area contributed by atoms with Gasteiger partial charge in [0.2, 0.25) is 0 Å². The molecule has 0 aliphatic carbocycles. The van der Waals surface area contributed by atoms with Crippen LogP contribution in [0.4, 0.5) is 0 Å². The molecule has 0 atom stereocenters. The van der Waals surface area contributed by atoms with Crippen molar-refractivity contribution in [3.05, 3.63) is 10.6 Å². The molecule has 1 aromatic heterocycles. The maximum Gasteiger partial charge on any atom is 0.264 e. The molecule has 1 rings (SSSR count). The van der Waals surface area contributed by atoms with Crippen molar-refractivity contribution in [3.8, 4) is 0 Å². The minimum Gasteiger partial charge on any atom is -0.409 e. The van der Waals surface area contributed by atoms with Crippen molar-refractivity contribution >= 4 is 23.3 Å². The third kappa shape index (κ3) is 4.28. The van der Waals surface area contributed by atoms with Gasteiger partial charge < -0.3 is 16.3 Å². The summed E-state index contributed by atoms with van der Waals surface area (Å²) < 4.78 is 3.76. The lowest BCUT2D eigenvalue weighted by Gasteiger charge is -2.03. The highest BCUT2D eigenvalue weighted by Crippen LogP contribution is 2.10. The Bertz CT molecular complexity index is 418.